The van der Waals surface area contributed by atoms with Gasteiger partial charge in [-0.1, -0.05) is 0 Å². The van der Waals surface area contributed by atoms with E-state index in [1.54, 1.807) is 0 Å². The second-order valence-corrected chi connectivity index (χ2v) is 6.08. The van der Waals surface area contributed by atoms with Gasteiger partial charge < -0.3 is 9.84 Å². The molecular formula is C10H21NO4S. The molecule has 1 fully saturated rings. The zero-order valence-electron chi connectivity index (χ0n) is 9.68. The number of rotatable bonds is 7. The summed E-state index contributed by atoms with van der Waals surface area (Å²) >= 11 is 0. The molecule has 0 aromatic carbocycles. The second-order valence-electron chi connectivity index (χ2n) is 4.21. The molecule has 1 rings (SSSR count). The lowest BCUT2D eigenvalue weighted by Crippen LogP contribution is -2.41. The van der Waals surface area contributed by atoms with E-state index >= 15 is 0 Å². The van der Waals surface area contributed by atoms with E-state index in [1.807, 2.05) is 6.92 Å². The minimum absolute atomic E-state index is 0.00705. The average Bonchev–Trinajstić information content (AvgIpc) is 2.69. The van der Waals surface area contributed by atoms with Gasteiger partial charge in [0.2, 0.25) is 10.0 Å². The summed E-state index contributed by atoms with van der Waals surface area (Å²) in [5.74, 6) is 0.0740. The highest BCUT2D eigenvalue weighted by Gasteiger charge is 2.25. The molecule has 1 saturated heterocycles. The van der Waals surface area contributed by atoms with Crippen LogP contribution in [0.3, 0.4) is 0 Å². The molecule has 0 aliphatic carbocycles. The molecular weight excluding hydrogens is 230 g/mol. The van der Waals surface area contributed by atoms with E-state index < -0.39 is 10.0 Å². The molecule has 0 amide bonds. The smallest absolute Gasteiger partial charge is 0.211 e. The quantitative estimate of drug-likeness (QED) is 0.636. The van der Waals surface area contributed by atoms with Crippen LogP contribution in [0.1, 0.15) is 32.6 Å². The van der Waals surface area contributed by atoms with Gasteiger partial charge in [0.15, 0.2) is 0 Å². The number of aliphatic hydroxyl groups is 1. The number of nitrogens with one attached hydrogen (secondary N) is 1. The maximum atomic E-state index is 11.6. The lowest BCUT2D eigenvalue weighted by atomic mass is 10.1. The van der Waals surface area contributed by atoms with Crippen molar-refractivity contribution in [2.24, 2.45) is 0 Å². The maximum absolute atomic E-state index is 11.6. The van der Waals surface area contributed by atoms with Crippen molar-refractivity contribution in [3.63, 3.8) is 0 Å². The fourth-order valence-electron chi connectivity index (χ4n) is 1.82. The molecule has 0 bridgehead atoms. The Morgan fingerprint density at radius 1 is 1.50 bits per heavy atom. The molecule has 2 N–H and O–H groups in total. The van der Waals surface area contributed by atoms with Crippen LogP contribution in [-0.4, -0.2) is 44.6 Å². The van der Waals surface area contributed by atoms with Crippen molar-refractivity contribution < 1.29 is 18.3 Å². The van der Waals surface area contributed by atoms with Crippen LogP contribution in [0.15, 0.2) is 0 Å². The van der Waals surface area contributed by atoms with Gasteiger partial charge in [0.1, 0.15) is 0 Å². The molecule has 0 aromatic heterocycles. The Labute approximate surface area is 97.2 Å². The first kappa shape index (κ1) is 13.9. The molecule has 0 saturated carbocycles. The van der Waals surface area contributed by atoms with Gasteiger partial charge in [0.05, 0.1) is 11.9 Å². The Balaban J connectivity index is 2.33. The van der Waals surface area contributed by atoms with Crippen LogP contribution in [0.2, 0.25) is 0 Å². The highest BCUT2D eigenvalue weighted by atomic mass is 32.2. The summed E-state index contributed by atoms with van der Waals surface area (Å²) in [7, 11) is -3.23. The molecule has 2 atom stereocenters. The van der Waals surface area contributed by atoms with Crippen LogP contribution in [0.25, 0.3) is 0 Å². The van der Waals surface area contributed by atoms with Crippen LogP contribution < -0.4 is 4.72 Å². The molecule has 1 heterocycles. The van der Waals surface area contributed by atoms with E-state index in [-0.39, 0.29) is 24.5 Å². The molecule has 1 aliphatic heterocycles. The minimum Gasteiger partial charge on any atom is -0.396 e. The molecule has 16 heavy (non-hydrogen) atoms. The van der Waals surface area contributed by atoms with Gasteiger partial charge in [-0.15, -0.1) is 0 Å². The van der Waals surface area contributed by atoms with Gasteiger partial charge in [-0.2, -0.15) is 0 Å². The number of hydrogen-bond acceptors (Lipinski definition) is 4. The van der Waals surface area contributed by atoms with E-state index in [0.29, 0.717) is 12.8 Å². The maximum Gasteiger partial charge on any atom is 0.211 e. The monoisotopic (exact) mass is 251 g/mol. The Hall–Kier alpha value is -0.170. The van der Waals surface area contributed by atoms with Crippen LogP contribution in [0.4, 0.5) is 0 Å². The predicted octanol–water partition coefficient (Wildman–Crippen LogP) is 0.246. The fraction of sp³-hybridized carbons (Fsp3) is 1.00. The van der Waals surface area contributed by atoms with Gasteiger partial charge in [0.25, 0.3) is 0 Å². The summed E-state index contributed by atoms with van der Waals surface area (Å²) in [4.78, 5) is 0. The van der Waals surface area contributed by atoms with Gasteiger partial charge in [-0.25, -0.2) is 13.1 Å². The lowest BCUT2D eigenvalue weighted by Gasteiger charge is -2.19. The minimum atomic E-state index is -3.23. The van der Waals surface area contributed by atoms with Crippen molar-refractivity contribution in [3.05, 3.63) is 0 Å². The normalized spacial score (nSPS) is 23.5. The van der Waals surface area contributed by atoms with Gasteiger partial charge in [-0.05, 0) is 32.6 Å². The van der Waals surface area contributed by atoms with Crippen LogP contribution in [-0.2, 0) is 14.8 Å². The van der Waals surface area contributed by atoms with Crippen LogP contribution in [0.5, 0.6) is 0 Å². The highest BCUT2D eigenvalue weighted by Crippen LogP contribution is 2.16. The first-order valence-corrected chi connectivity index (χ1v) is 7.43. The number of aliphatic hydroxyl groups excluding tert-OH is 1. The molecule has 0 radical (unpaired) electrons. The Morgan fingerprint density at radius 2 is 2.25 bits per heavy atom. The zero-order valence-corrected chi connectivity index (χ0v) is 10.5. The van der Waals surface area contributed by atoms with Crippen LogP contribution in [0, 0.1) is 0 Å². The van der Waals surface area contributed by atoms with Crippen molar-refractivity contribution in [3.8, 4) is 0 Å². The topological polar surface area (TPSA) is 75.6 Å². The number of sulfonamides is 1. The molecule has 0 spiro atoms. The summed E-state index contributed by atoms with van der Waals surface area (Å²) in [6, 6.07) is -0.165. The molecule has 0 aromatic rings. The van der Waals surface area contributed by atoms with Crippen molar-refractivity contribution in [1.29, 1.82) is 0 Å². The number of unbranched alkanes of at least 4 members (excludes halogenated alkanes) is 1. The van der Waals surface area contributed by atoms with E-state index in [1.165, 1.54) is 0 Å². The summed E-state index contributed by atoms with van der Waals surface area (Å²) in [5, 5.41) is 8.58. The van der Waals surface area contributed by atoms with Crippen molar-refractivity contribution >= 4 is 10.0 Å². The third kappa shape index (κ3) is 4.78. The molecule has 1 aliphatic rings. The molecule has 5 nitrogen and oxygen atoms in total. The summed E-state index contributed by atoms with van der Waals surface area (Å²) in [6.45, 7) is 2.59. The third-order valence-electron chi connectivity index (χ3n) is 2.71. The Kier molecular flexibility index (Phi) is 5.68. The largest absolute Gasteiger partial charge is 0.396 e. The first-order chi connectivity index (χ1) is 7.55. The molecule has 96 valence electrons. The molecule has 2 unspecified atom stereocenters. The summed E-state index contributed by atoms with van der Waals surface area (Å²) in [5.41, 5.74) is 0. The lowest BCUT2D eigenvalue weighted by molar-refractivity contribution is 0.0902. The Morgan fingerprint density at radius 3 is 2.81 bits per heavy atom. The summed E-state index contributed by atoms with van der Waals surface area (Å²) < 4.78 is 31.3. The standard InChI is InChI=1S/C10H21NO4S/c1-9(10-5-4-7-15-10)11-16(13,14)8-3-2-6-12/h9-12H,2-8H2,1H3. The Bertz CT molecular complexity index is 285. The average molecular weight is 251 g/mol. The molecule has 6 heteroatoms. The van der Waals surface area contributed by atoms with E-state index in [9.17, 15) is 8.42 Å². The van der Waals surface area contributed by atoms with Gasteiger partial charge >= 0.3 is 0 Å². The fourth-order valence-corrected chi connectivity index (χ4v) is 3.24. The SMILES string of the molecule is CC(NS(=O)(=O)CCCCO)C1CCCO1. The van der Waals surface area contributed by atoms with Crippen molar-refractivity contribution in [2.75, 3.05) is 19.0 Å². The number of hydrogen-bond donors (Lipinski definition) is 2. The van der Waals surface area contributed by atoms with E-state index in [0.717, 1.165) is 19.4 Å². The van der Waals surface area contributed by atoms with Gasteiger partial charge in [0, 0.05) is 19.3 Å². The predicted molar refractivity (Wildman–Crippen MR) is 61.7 cm³/mol. The van der Waals surface area contributed by atoms with Crippen LogP contribution >= 0.6 is 0 Å². The third-order valence-corrected chi connectivity index (χ3v) is 4.27. The highest BCUT2D eigenvalue weighted by molar-refractivity contribution is 7.89. The van der Waals surface area contributed by atoms with Crippen molar-refractivity contribution in [2.45, 2.75) is 44.8 Å². The van der Waals surface area contributed by atoms with Crippen molar-refractivity contribution in [1.82, 2.24) is 4.72 Å². The number of ether oxygens (including phenoxy) is 1. The second kappa shape index (κ2) is 6.54. The van der Waals surface area contributed by atoms with Gasteiger partial charge in [-0.3, -0.25) is 0 Å². The van der Waals surface area contributed by atoms with E-state index in [2.05, 4.69) is 4.72 Å². The summed E-state index contributed by atoms with van der Waals surface area (Å²) in [6.07, 6.45) is 2.94. The zero-order chi connectivity index (χ0) is 12.0. The first-order valence-electron chi connectivity index (χ1n) is 5.77. The van der Waals surface area contributed by atoms with E-state index in [4.69, 9.17) is 9.84 Å².